The zero-order valence-corrected chi connectivity index (χ0v) is 13.3. The quantitative estimate of drug-likeness (QED) is 0.645. The number of aromatic nitrogens is 3. The van der Waals surface area contributed by atoms with Gasteiger partial charge in [0, 0.05) is 23.1 Å². The SMILES string of the molecule is CC1(C)Cc2onc(C(F)(F)F)c2-c2nc(-c3ccc(F)cc3)[nH]c21. The largest absolute Gasteiger partial charge is 0.437 e. The number of aromatic amines is 1. The van der Waals surface area contributed by atoms with Crippen molar-refractivity contribution in [3.05, 3.63) is 47.2 Å². The van der Waals surface area contributed by atoms with Crippen LogP contribution in [0.2, 0.25) is 0 Å². The summed E-state index contributed by atoms with van der Waals surface area (Å²) in [5.74, 6) is 0.142. The van der Waals surface area contributed by atoms with Crippen LogP contribution >= 0.6 is 0 Å². The maximum atomic E-state index is 13.3. The molecule has 0 bridgehead atoms. The third-order valence-corrected chi connectivity index (χ3v) is 4.37. The maximum Gasteiger partial charge on any atom is 0.437 e. The summed E-state index contributed by atoms with van der Waals surface area (Å²) in [7, 11) is 0. The van der Waals surface area contributed by atoms with E-state index in [0.717, 1.165) is 0 Å². The molecule has 8 heteroatoms. The lowest BCUT2D eigenvalue weighted by Gasteiger charge is -2.27. The van der Waals surface area contributed by atoms with Crippen LogP contribution in [0.25, 0.3) is 22.6 Å². The molecule has 0 fully saturated rings. The minimum Gasteiger partial charge on any atom is -0.360 e. The Kier molecular flexibility index (Phi) is 3.13. The van der Waals surface area contributed by atoms with Crippen LogP contribution < -0.4 is 0 Å². The van der Waals surface area contributed by atoms with E-state index in [0.29, 0.717) is 17.1 Å². The highest BCUT2D eigenvalue weighted by Gasteiger charge is 2.46. The van der Waals surface area contributed by atoms with Gasteiger partial charge in [-0.3, -0.25) is 0 Å². The normalized spacial score (nSPS) is 15.8. The monoisotopic (exact) mass is 351 g/mol. The van der Waals surface area contributed by atoms with Crippen molar-refractivity contribution in [2.24, 2.45) is 0 Å². The fraction of sp³-hybridized carbons (Fsp3) is 0.294. The molecule has 1 aliphatic rings. The lowest BCUT2D eigenvalue weighted by molar-refractivity contribution is -0.142. The molecule has 4 nitrogen and oxygen atoms in total. The molecule has 2 aromatic heterocycles. The average Bonchev–Trinajstić information content (AvgIpc) is 3.11. The van der Waals surface area contributed by atoms with Crippen LogP contribution in [0.3, 0.4) is 0 Å². The summed E-state index contributed by atoms with van der Waals surface area (Å²) in [6.45, 7) is 3.77. The van der Waals surface area contributed by atoms with Crippen molar-refractivity contribution in [1.29, 1.82) is 0 Å². The topological polar surface area (TPSA) is 54.7 Å². The Morgan fingerprint density at radius 3 is 2.48 bits per heavy atom. The molecule has 130 valence electrons. The number of benzene rings is 1. The first-order valence-electron chi connectivity index (χ1n) is 7.59. The Morgan fingerprint density at radius 2 is 1.84 bits per heavy atom. The Hall–Kier alpha value is -2.64. The highest BCUT2D eigenvalue weighted by molar-refractivity contribution is 5.74. The van der Waals surface area contributed by atoms with Crippen LogP contribution in [-0.2, 0) is 18.0 Å². The molecule has 4 rings (SSSR count). The highest BCUT2D eigenvalue weighted by atomic mass is 19.4. The number of alkyl halides is 3. The molecule has 1 aromatic carbocycles. The smallest absolute Gasteiger partial charge is 0.360 e. The van der Waals surface area contributed by atoms with Gasteiger partial charge in [-0.05, 0) is 24.3 Å². The van der Waals surface area contributed by atoms with Gasteiger partial charge in [-0.1, -0.05) is 19.0 Å². The van der Waals surface area contributed by atoms with Gasteiger partial charge in [0.1, 0.15) is 17.4 Å². The number of hydrogen-bond acceptors (Lipinski definition) is 3. The number of halogens is 4. The van der Waals surface area contributed by atoms with Crippen LogP contribution in [0.1, 0.15) is 31.0 Å². The number of imidazole rings is 1. The molecule has 0 aliphatic heterocycles. The molecular formula is C17H13F4N3O. The van der Waals surface area contributed by atoms with Gasteiger partial charge in [0.15, 0.2) is 5.69 Å². The molecule has 0 saturated heterocycles. The predicted molar refractivity (Wildman–Crippen MR) is 81.2 cm³/mol. The molecule has 1 aliphatic carbocycles. The van der Waals surface area contributed by atoms with Crippen molar-refractivity contribution in [2.45, 2.75) is 31.9 Å². The fourth-order valence-electron chi connectivity index (χ4n) is 3.16. The van der Waals surface area contributed by atoms with Gasteiger partial charge in [-0.2, -0.15) is 13.2 Å². The lowest BCUT2D eigenvalue weighted by atomic mass is 9.77. The molecule has 0 spiro atoms. The van der Waals surface area contributed by atoms with E-state index in [1.54, 1.807) is 0 Å². The van der Waals surface area contributed by atoms with Gasteiger partial charge in [0.2, 0.25) is 0 Å². The molecule has 0 saturated carbocycles. The van der Waals surface area contributed by atoms with Crippen molar-refractivity contribution >= 4 is 0 Å². The van der Waals surface area contributed by atoms with Gasteiger partial charge < -0.3 is 9.51 Å². The van der Waals surface area contributed by atoms with E-state index in [2.05, 4.69) is 15.1 Å². The first-order chi connectivity index (χ1) is 11.7. The van der Waals surface area contributed by atoms with Gasteiger partial charge in [0.05, 0.1) is 11.3 Å². The number of nitrogens with one attached hydrogen (secondary N) is 1. The molecule has 25 heavy (non-hydrogen) atoms. The summed E-state index contributed by atoms with van der Waals surface area (Å²) in [6, 6.07) is 5.58. The molecule has 0 amide bonds. The molecule has 3 aromatic rings. The second kappa shape index (κ2) is 4.93. The zero-order valence-electron chi connectivity index (χ0n) is 13.3. The van der Waals surface area contributed by atoms with Gasteiger partial charge in [-0.25, -0.2) is 9.37 Å². The number of hydrogen-bond donors (Lipinski definition) is 1. The Labute approximate surface area is 139 Å². The summed E-state index contributed by atoms with van der Waals surface area (Å²) in [5.41, 5.74) is -0.357. The summed E-state index contributed by atoms with van der Waals surface area (Å²) in [4.78, 5) is 7.45. The van der Waals surface area contributed by atoms with E-state index in [4.69, 9.17) is 4.52 Å². The van der Waals surface area contributed by atoms with Crippen LogP contribution in [0.15, 0.2) is 28.8 Å². The first-order valence-corrected chi connectivity index (χ1v) is 7.59. The second-order valence-electron chi connectivity index (χ2n) is 6.70. The van der Waals surface area contributed by atoms with E-state index >= 15 is 0 Å². The van der Waals surface area contributed by atoms with Crippen molar-refractivity contribution in [3.63, 3.8) is 0 Å². The van der Waals surface area contributed by atoms with E-state index < -0.39 is 23.1 Å². The summed E-state index contributed by atoms with van der Waals surface area (Å²) < 4.78 is 57.9. The molecule has 0 radical (unpaired) electrons. The number of nitrogens with zero attached hydrogens (tertiary/aromatic N) is 2. The van der Waals surface area contributed by atoms with Crippen LogP contribution in [0.4, 0.5) is 17.6 Å². The standard InChI is InChI=1S/C17H13F4N3O/c1-16(2)7-10-11(13(24-25-10)17(19,20)21)12-14(16)23-15(22-12)8-3-5-9(18)6-4-8/h3-6H,7H2,1-2H3,(H,22,23). The van der Waals surface area contributed by atoms with E-state index in [1.807, 2.05) is 13.8 Å². The minimum atomic E-state index is -4.63. The summed E-state index contributed by atoms with van der Waals surface area (Å²) in [6.07, 6.45) is -4.37. The van der Waals surface area contributed by atoms with Crippen molar-refractivity contribution in [1.82, 2.24) is 15.1 Å². The maximum absolute atomic E-state index is 13.3. The van der Waals surface area contributed by atoms with Crippen LogP contribution in [0.5, 0.6) is 0 Å². The fourth-order valence-corrected chi connectivity index (χ4v) is 3.16. The van der Waals surface area contributed by atoms with Gasteiger partial charge in [0.25, 0.3) is 0 Å². The van der Waals surface area contributed by atoms with Gasteiger partial charge >= 0.3 is 6.18 Å². The third kappa shape index (κ3) is 2.43. The average molecular weight is 351 g/mol. The highest BCUT2D eigenvalue weighted by Crippen LogP contribution is 2.47. The first kappa shape index (κ1) is 15.9. The van der Waals surface area contributed by atoms with E-state index in [1.165, 1.54) is 24.3 Å². The Balaban J connectivity index is 1.93. The molecule has 1 N–H and O–H groups in total. The molecule has 0 unspecified atom stereocenters. The molecule has 2 heterocycles. The van der Waals surface area contributed by atoms with Crippen LogP contribution in [0, 0.1) is 5.82 Å². The molecular weight excluding hydrogens is 338 g/mol. The number of H-pyrrole nitrogens is 1. The Bertz CT molecular complexity index is 951. The molecule has 0 atom stereocenters. The number of fused-ring (bicyclic) bond motifs is 3. The lowest BCUT2D eigenvalue weighted by Crippen LogP contribution is -2.26. The van der Waals surface area contributed by atoms with Crippen molar-refractivity contribution < 1.29 is 22.1 Å². The van der Waals surface area contributed by atoms with Crippen LogP contribution in [-0.4, -0.2) is 15.1 Å². The summed E-state index contributed by atoms with van der Waals surface area (Å²) in [5, 5.41) is 3.22. The van der Waals surface area contributed by atoms with Crippen molar-refractivity contribution in [3.8, 4) is 22.6 Å². The van der Waals surface area contributed by atoms with Gasteiger partial charge in [-0.15, -0.1) is 0 Å². The minimum absolute atomic E-state index is 0.119. The number of rotatable bonds is 1. The second-order valence-corrected chi connectivity index (χ2v) is 6.70. The Morgan fingerprint density at radius 1 is 1.16 bits per heavy atom. The summed E-state index contributed by atoms with van der Waals surface area (Å²) >= 11 is 0. The van der Waals surface area contributed by atoms with Crippen molar-refractivity contribution in [2.75, 3.05) is 0 Å². The van der Waals surface area contributed by atoms with E-state index in [9.17, 15) is 17.6 Å². The van der Waals surface area contributed by atoms with E-state index in [-0.39, 0.29) is 23.4 Å². The zero-order chi connectivity index (χ0) is 18.0. The third-order valence-electron chi connectivity index (χ3n) is 4.37. The predicted octanol–water partition coefficient (Wildman–Crippen LogP) is 4.72.